The molecule has 0 aromatic heterocycles. The van der Waals surface area contributed by atoms with Gasteiger partial charge in [-0.1, -0.05) is 6.92 Å². The van der Waals surface area contributed by atoms with Gasteiger partial charge in [0.1, 0.15) is 0 Å². The maximum absolute atomic E-state index is 10.3. The summed E-state index contributed by atoms with van der Waals surface area (Å²) in [6.45, 7) is 4.49. The normalized spacial score (nSPS) is 7.25. The van der Waals surface area contributed by atoms with Gasteiger partial charge in [-0.2, -0.15) is 0 Å². The van der Waals surface area contributed by atoms with Crippen LogP contribution in [0.1, 0.15) is 20.3 Å². The Morgan fingerprint density at radius 1 is 1.50 bits per heavy atom. The Balaban J connectivity index is 0. The van der Waals surface area contributed by atoms with E-state index in [2.05, 4.69) is 5.32 Å². The van der Waals surface area contributed by atoms with Gasteiger partial charge >= 0.3 is 51.4 Å². The van der Waals surface area contributed by atoms with Crippen LogP contribution in [-0.2, 0) is 4.79 Å². The second-order valence-electron chi connectivity index (χ2n) is 1.31. The summed E-state index contributed by atoms with van der Waals surface area (Å²) in [6, 6.07) is 0. The van der Waals surface area contributed by atoms with Gasteiger partial charge in [-0.05, 0) is 6.92 Å². The molecular weight excluding hydrogens is 129 g/mol. The quantitative estimate of drug-likeness (QED) is 0.423. The fourth-order valence-corrected chi connectivity index (χ4v) is 0.322. The van der Waals surface area contributed by atoms with E-state index < -0.39 is 0 Å². The molecule has 1 amide bonds. The van der Waals surface area contributed by atoms with Gasteiger partial charge in [0.2, 0.25) is 5.91 Å². The fourth-order valence-electron chi connectivity index (χ4n) is 0.322. The van der Waals surface area contributed by atoms with Gasteiger partial charge in [-0.25, -0.2) is 0 Å². The molecule has 0 atom stereocenters. The average molecular weight is 140 g/mol. The second-order valence-corrected chi connectivity index (χ2v) is 1.31. The van der Waals surface area contributed by atoms with Crippen LogP contribution >= 0.6 is 0 Å². The van der Waals surface area contributed by atoms with Crippen molar-refractivity contribution in [3.8, 4) is 0 Å². The molecule has 0 radical (unpaired) electrons. The first kappa shape index (κ1) is 11.8. The third kappa shape index (κ3) is 7.11. The molecule has 0 aromatic carbocycles. The third-order valence-electron chi connectivity index (χ3n) is 0.695. The van der Waals surface area contributed by atoms with Gasteiger partial charge in [0.25, 0.3) is 0 Å². The molecule has 0 bridgehead atoms. The second kappa shape index (κ2) is 8.11. The first-order chi connectivity index (χ1) is 3.31. The first-order valence-electron chi connectivity index (χ1n) is 2.58. The molecule has 1 N–H and O–H groups in total. The summed E-state index contributed by atoms with van der Waals surface area (Å²) in [6.07, 6.45) is 0.591. The molecule has 0 fully saturated rings. The van der Waals surface area contributed by atoms with Crippen molar-refractivity contribution >= 4 is 5.91 Å². The predicted molar refractivity (Wildman–Crippen MR) is 29.0 cm³/mol. The first-order valence-corrected chi connectivity index (χ1v) is 2.58. The molecular formula is C5H11KNO+. The van der Waals surface area contributed by atoms with E-state index >= 15 is 0 Å². The van der Waals surface area contributed by atoms with Crippen molar-refractivity contribution in [2.75, 3.05) is 6.54 Å². The number of rotatable bonds is 2. The van der Waals surface area contributed by atoms with E-state index in [9.17, 15) is 4.79 Å². The minimum Gasteiger partial charge on any atom is -0.356 e. The van der Waals surface area contributed by atoms with Crippen molar-refractivity contribution in [2.24, 2.45) is 0 Å². The van der Waals surface area contributed by atoms with Crippen LogP contribution in [0.4, 0.5) is 0 Å². The van der Waals surface area contributed by atoms with E-state index in [0.717, 1.165) is 6.54 Å². The minimum atomic E-state index is 0. The monoisotopic (exact) mass is 140 g/mol. The molecule has 0 aromatic rings. The largest absolute Gasteiger partial charge is 1.00 e. The van der Waals surface area contributed by atoms with Gasteiger partial charge in [-0.3, -0.25) is 4.79 Å². The van der Waals surface area contributed by atoms with Crippen LogP contribution in [0.2, 0.25) is 0 Å². The molecule has 0 unspecified atom stereocenters. The van der Waals surface area contributed by atoms with Crippen molar-refractivity contribution in [1.29, 1.82) is 0 Å². The smallest absolute Gasteiger partial charge is 0.356 e. The van der Waals surface area contributed by atoms with Crippen molar-refractivity contribution in [3.05, 3.63) is 0 Å². The molecule has 0 aliphatic carbocycles. The summed E-state index contributed by atoms with van der Waals surface area (Å²) < 4.78 is 0. The molecule has 0 saturated heterocycles. The van der Waals surface area contributed by atoms with Gasteiger partial charge in [0, 0.05) is 13.0 Å². The molecule has 0 saturated carbocycles. The number of hydrogen-bond acceptors (Lipinski definition) is 1. The van der Waals surface area contributed by atoms with Crippen LogP contribution in [0.15, 0.2) is 0 Å². The fraction of sp³-hybridized carbons (Fsp3) is 0.800. The van der Waals surface area contributed by atoms with Crippen molar-refractivity contribution in [3.63, 3.8) is 0 Å². The Morgan fingerprint density at radius 3 is 2.12 bits per heavy atom. The van der Waals surface area contributed by atoms with Crippen LogP contribution in [0.5, 0.6) is 0 Å². The SMILES string of the molecule is CCNC(=O)CC.[K+]. The van der Waals surface area contributed by atoms with E-state index in [1.54, 1.807) is 0 Å². The maximum atomic E-state index is 10.3. The molecule has 2 nitrogen and oxygen atoms in total. The van der Waals surface area contributed by atoms with Gasteiger partial charge in [0.15, 0.2) is 0 Å². The Kier molecular flexibility index (Phi) is 12.0. The number of carbonyl (C=O) groups is 1. The van der Waals surface area contributed by atoms with Crippen LogP contribution in [-0.4, -0.2) is 12.5 Å². The van der Waals surface area contributed by atoms with Crippen molar-refractivity contribution < 1.29 is 56.2 Å². The molecule has 0 aliphatic heterocycles. The van der Waals surface area contributed by atoms with Crippen molar-refractivity contribution in [1.82, 2.24) is 5.32 Å². The van der Waals surface area contributed by atoms with E-state index in [1.165, 1.54) is 0 Å². The number of amides is 1. The molecule has 3 heteroatoms. The van der Waals surface area contributed by atoms with Crippen LogP contribution in [0, 0.1) is 0 Å². The molecule has 0 aliphatic rings. The van der Waals surface area contributed by atoms with E-state index in [0.29, 0.717) is 6.42 Å². The Morgan fingerprint density at radius 2 is 2.00 bits per heavy atom. The Hall–Kier alpha value is 1.11. The molecule has 0 rings (SSSR count). The maximum Gasteiger partial charge on any atom is 1.00 e. The zero-order valence-electron chi connectivity index (χ0n) is 5.82. The minimum absolute atomic E-state index is 0. The third-order valence-corrected chi connectivity index (χ3v) is 0.695. The number of nitrogens with one attached hydrogen (secondary N) is 1. The summed E-state index contributed by atoms with van der Waals surface area (Å²) in [5.41, 5.74) is 0. The average Bonchev–Trinajstić information content (AvgIpc) is 1.68. The Labute approximate surface area is 92.8 Å². The zero-order chi connectivity index (χ0) is 5.70. The van der Waals surface area contributed by atoms with E-state index in [4.69, 9.17) is 0 Å². The summed E-state index contributed by atoms with van der Waals surface area (Å²) in [7, 11) is 0. The summed E-state index contributed by atoms with van der Waals surface area (Å²) >= 11 is 0. The van der Waals surface area contributed by atoms with E-state index in [1.807, 2.05) is 13.8 Å². The summed E-state index contributed by atoms with van der Waals surface area (Å²) in [4.78, 5) is 10.3. The topological polar surface area (TPSA) is 29.1 Å². The predicted octanol–water partition coefficient (Wildman–Crippen LogP) is -2.46. The molecule has 42 valence electrons. The van der Waals surface area contributed by atoms with Gasteiger partial charge in [0.05, 0.1) is 0 Å². The van der Waals surface area contributed by atoms with Crippen LogP contribution in [0.3, 0.4) is 0 Å². The van der Waals surface area contributed by atoms with Crippen molar-refractivity contribution in [2.45, 2.75) is 20.3 Å². The Bertz CT molecular complexity index is 65.4. The molecule has 8 heavy (non-hydrogen) atoms. The van der Waals surface area contributed by atoms with Gasteiger partial charge in [-0.15, -0.1) is 0 Å². The number of hydrogen-bond donors (Lipinski definition) is 1. The summed E-state index contributed by atoms with van der Waals surface area (Å²) in [5.74, 6) is 0.127. The van der Waals surface area contributed by atoms with Crippen LogP contribution in [0.25, 0.3) is 0 Å². The molecule has 0 spiro atoms. The zero-order valence-corrected chi connectivity index (χ0v) is 8.95. The number of carbonyl (C=O) groups excluding carboxylic acids is 1. The van der Waals surface area contributed by atoms with Gasteiger partial charge < -0.3 is 5.32 Å². The van der Waals surface area contributed by atoms with E-state index in [-0.39, 0.29) is 57.3 Å². The standard InChI is InChI=1S/C5H11NO.K/c1-3-5(7)6-4-2;/h3-4H2,1-2H3,(H,6,7);/q;+1. The van der Waals surface area contributed by atoms with Crippen LogP contribution < -0.4 is 56.7 Å². The summed E-state index contributed by atoms with van der Waals surface area (Å²) in [5, 5.41) is 2.66. The molecule has 0 heterocycles.